The Morgan fingerprint density at radius 3 is 2.77 bits per heavy atom. The molecule has 0 spiro atoms. The molecular formula is C9H14N2O2. The van der Waals surface area contributed by atoms with Crippen molar-refractivity contribution in [3.05, 3.63) is 24.0 Å². The van der Waals surface area contributed by atoms with E-state index in [0.717, 1.165) is 5.56 Å². The summed E-state index contributed by atoms with van der Waals surface area (Å²) in [7, 11) is 1.56. The van der Waals surface area contributed by atoms with Crippen LogP contribution in [0.3, 0.4) is 0 Å². The van der Waals surface area contributed by atoms with Crippen LogP contribution in [0.5, 0.6) is 5.75 Å². The van der Waals surface area contributed by atoms with Gasteiger partial charge in [0.2, 0.25) is 0 Å². The van der Waals surface area contributed by atoms with Crippen molar-refractivity contribution in [1.82, 2.24) is 4.98 Å². The molecule has 0 aliphatic carbocycles. The SMILES string of the molecule is COc1cncc([C@H](N)[C@H](C)O)c1. The molecule has 1 aromatic rings. The third-order valence-corrected chi connectivity index (χ3v) is 1.87. The van der Waals surface area contributed by atoms with Crippen LogP contribution in [0.15, 0.2) is 18.5 Å². The largest absolute Gasteiger partial charge is 0.495 e. The van der Waals surface area contributed by atoms with E-state index < -0.39 is 12.1 Å². The minimum absolute atomic E-state index is 0.414. The first-order chi connectivity index (χ1) is 6.15. The lowest BCUT2D eigenvalue weighted by molar-refractivity contribution is 0.164. The highest BCUT2D eigenvalue weighted by Crippen LogP contribution is 2.17. The van der Waals surface area contributed by atoms with E-state index in [1.54, 1.807) is 32.5 Å². The summed E-state index contributed by atoms with van der Waals surface area (Å²) in [6, 6.07) is 1.35. The fourth-order valence-electron chi connectivity index (χ4n) is 1.01. The number of rotatable bonds is 3. The van der Waals surface area contributed by atoms with Crippen LogP contribution in [-0.4, -0.2) is 23.3 Å². The van der Waals surface area contributed by atoms with Gasteiger partial charge in [-0.1, -0.05) is 0 Å². The second-order valence-electron chi connectivity index (χ2n) is 2.92. The first kappa shape index (κ1) is 9.95. The molecule has 4 heteroatoms. The Balaban J connectivity index is 2.88. The molecule has 0 aromatic carbocycles. The Morgan fingerprint density at radius 2 is 2.23 bits per heavy atom. The van der Waals surface area contributed by atoms with Crippen molar-refractivity contribution in [2.75, 3.05) is 7.11 Å². The van der Waals surface area contributed by atoms with E-state index in [9.17, 15) is 5.11 Å². The minimum Gasteiger partial charge on any atom is -0.495 e. The fourth-order valence-corrected chi connectivity index (χ4v) is 1.01. The summed E-state index contributed by atoms with van der Waals surface area (Å²) >= 11 is 0. The number of pyridine rings is 1. The number of nitrogens with two attached hydrogens (primary N) is 1. The zero-order valence-electron chi connectivity index (χ0n) is 7.77. The minimum atomic E-state index is -0.589. The van der Waals surface area contributed by atoms with Gasteiger partial charge in [-0.05, 0) is 18.6 Å². The van der Waals surface area contributed by atoms with Crippen LogP contribution >= 0.6 is 0 Å². The molecule has 0 aliphatic heterocycles. The summed E-state index contributed by atoms with van der Waals surface area (Å²) in [4.78, 5) is 3.94. The summed E-state index contributed by atoms with van der Waals surface area (Å²) in [6.45, 7) is 1.64. The van der Waals surface area contributed by atoms with Crippen molar-refractivity contribution in [3.8, 4) is 5.75 Å². The molecule has 2 atom stereocenters. The van der Waals surface area contributed by atoms with Gasteiger partial charge in [-0.3, -0.25) is 4.98 Å². The van der Waals surface area contributed by atoms with Crippen LogP contribution in [0.4, 0.5) is 0 Å². The number of aliphatic hydroxyl groups is 1. The molecule has 72 valence electrons. The van der Waals surface area contributed by atoms with E-state index in [1.165, 1.54) is 0 Å². The number of nitrogens with zero attached hydrogens (tertiary/aromatic N) is 1. The fraction of sp³-hybridized carbons (Fsp3) is 0.444. The lowest BCUT2D eigenvalue weighted by Gasteiger charge is -2.14. The number of aliphatic hydroxyl groups excluding tert-OH is 1. The Bertz CT molecular complexity index is 276. The van der Waals surface area contributed by atoms with Gasteiger partial charge in [0, 0.05) is 6.20 Å². The normalized spacial score (nSPS) is 15.1. The summed E-state index contributed by atoms with van der Waals surface area (Å²) in [5.41, 5.74) is 6.49. The van der Waals surface area contributed by atoms with E-state index in [2.05, 4.69) is 4.98 Å². The van der Waals surface area contributed by atoms with E-state index in [1.807, 2.05) is 0 Å². The highest BCUT2D eigenvalue weighted by molar-refractivity contribution is 5.26. The first-order valence-corrected chi connectivity index (χ1v) is 4.07. The molecule has 1 aromatic heterocycles. The second-order valence-corrected chi connectivity index (χ2v) is 2.92. The van der Waals surface area contributed by atoms with Crippen LogP contribution in [0.25, 0.3) is 0 Å². The topological polar surface area (TPSA) is 68.4 Å². The van der Waals surface area contributed by atoms with Gasteiger partial charge in [0.1, 0.15) is 5.75 Å². The molecule has 0 saturated heterocycles. The predicted octanol–water partition coefficient (Wildman–Crippen LogP) is 0.471. The summed E-state index contributed by atoms with van der Waals surface area (Å²) < 4.78 is 4.99. The molecule has 0 unspecified atom stereocenters. The van der Waals surface area contributed by atoms with E-state index in [-0.39, 0.29) is 0 Å². The second kappa shape index (κ2) is 4.20. The maximum Gasteiger partial charge on any atom is 0.137 e. The third kappa shape index (κ3) is 2.40. The van der Waals surface area contributed by atoms with E-state index in [4.69, 9.17) is 10.5 Å². The number of aromatic nitrogens is 1. The summed E-state index contributed by atoms with van der Waals surface area (Å²) in [6.07, 6.45) is 2.63. The van der Waals surface area contributed by atoms with Gasteiger partial charge in [-0.2, -0.15) is 0 Å². The monoisotopic (exact) mass is 182 g/mol. The molecular weight excluding hydrogens is 168 g/mol. The number of methoxy groups -OCH3 is 1. The van der Waals surface area contributed by atoms with Crippen LogP contribution in [-0.2, 0) is 0 Å². The molecule has 0 radical (unpaired) electrons. The van der Waals surface area contributed by atoms with Gasteiger partial charge in [0.05, 0.1) is 25.5 Å². The average Bonchev–Trinajstić information content (AvgIpc) is 2.16. The van der Waals surface area contributed by atoms with Crippen molar-refractivity contribution in [1.29, 1.82) is 0 Å². The van der Waals surface area contributed by atoms with Gasteiger partial charge < -0.3 is 15.6 Å². The summed E-state index contributed by atoms with van der Waals surface area (Å²) in [5, 5.41) is 9.24. The predicted molar refractivity (Wildman–Crippen MR) is 49.4 cm³/mol. The highest BCUT2D eigenvalue weighted by Gasteiger charge is 2.12. The number of hydrogen-bond donors (Lipinski definition) is 2. The van der Waals surface area contributed by atoms with Crippen LogP contribution in [0.2, 0.25) is 0 Å². The van der Waals surface area contributed by atoms with Crippen molar-refractivity contribution in [3.63, 3.8) is 0 Å². The molecule has 0 amide bonds. The zero-order chi connectivity index (χ0) is 9.84. The molecule has 4 nitrogen and oxygen atoms in total. The van der Waals surface area contributed by atoms with Gasteiger partial charge >= 0.3 is 0 Å². The summed E-state index contributed by atoms with van der Waals surface area (Å²) in [5.74, 6) is 0.647. The molecule has 0 saturated carbocycles. The van der Waals surface area contributed by atoms with Gasteiger partial charge in [0.15, 0.2) is 0 Å². The van der Waals surface area contributed by atoms with E-state index >= 15 is 0 Å². The average molecular weight is 182 g/mol. The van der Waals surface area contributed by atoms with Crippen molar-refractivity contribution in [2.24, 2.45) is 5.73 Å². The number of ether oxygens (including phenoxy) is 1. The molecule has 0 bridgehead atoms. The molecule has 1 rings (SSSR count). The van der Waals surface area contributed by atoms with Crippen LogP contribution in [0.1, 0.15) is 18.5 Å². The van der Waals surface area contributed by atoms with Gasteiger partial charge in [0.25, 0.3) is 0 Å². The lowest BCUT2D eigenvalue weighted by atomic mass is 10.1. The quantitative estimate of drug-likeness (QED) is 0.713. The maximum atomic E-state index is 9.24. The number of hydrogen-bond acceptors (Lipinski definition) is 4. The van der Waals surface area contributed by atoms with Crippen molar-refractivity contribution < 1.29 is 9.84 Å². The Kier molecular flexibility index (Phi) is 3.22. The highest BCUT2D eigenvalue weighted by atomic mass is 16.5. The van der Waals surface area contributed by atoms with Crippen molar-refractivity contribution in [2.45, 2.75) is 19.1 Å². The van der Waals surface area contributed by atoms with Crippen LogP contribution in [0, 0.1) is 0 Å². The smallest absolute Gasteiger partial charge is 0.137 e. The van der Waals surface area contributed by atoms with Crippen LogP contribution < -0.4 is 10.5 Å². The third-order valence-electron chi connectivity index (χ3n) is 1.87. The van der Waals surface area contributed by atoms with E-state index in [0.29, 0.717) is 5.75 Å². The first-order valence-electron chi connectivity index (χ1n) is 4.07. The molecule has 3 N–H and O–H groups in total. The Morgan fingerprint density at radius 1 is 1.54 bits per heavy atom. The molecule has 1 heterocycles. The van der Waals surface area contributed by atoms with Gasteiger partial charge in [-0.15, -0.1) is 0 Å². The maximum absolute atomic E-state index is 9.24. The molecule has 0 aliphatic rings. The lowest BCUT2D eigenvalue weighted by Crippen LogP contribution is -2.23. The Hall–Kier alpha value is -1.13. The zero-order valence-corrected chi connectivity index (χ0v) is 7.77. The molecule has 13 heavy (non-hydrogen) atoms. The Labute approximate surface area is 77.4 Å². The van der Waals surface area contributed by atoms with Crippen molar-refractivity contribution >= 4 is 0 Å². The standard InChI is InChI=1S/C9H14N2O2/c1-6(12)9(10)7-3-8(13-2)5-11-4-7/h3-6,9,12H,10H2,1-2H3/t6-,9+/m0/s1. The van der Waals surface area contributed by atoms with Gasteiger partial charge in [-0.25, -0.2) is 0 Å². The molecule has 0 fully saturated rings.